The minimum absolute atomic E-state index is 0.108. The maximum Gasteiger partial charge on any atom is 0.236 e. The molecule has 0 unspecified atom stereocenters. The van der Waals surface area contributed by atoms with Gasteiger partial charge >= 0.3 is 0 Å². The highest BCUT2D eigenvalue weighted by molar-refractivity contribution is 6.33. The van der Waals surface area contributed by atoms with Crippen molar-refractivity contribution in [1.82, 2.24) is 5.32 Å². The Hall–Kier alpha value is -1.79. The van der Waals surface area contributed by atoms with E-state index in [1.807, 2.05) is 12.1 Å². The van der Waals surface area contributed by atoms with Gasteiger partial charge in [-0.15, -0.1) is 0 Å². The highest BCUT2D eigenvalue weighted by atomic mass is 35.5. The van der Waals surface area contributed by atoms with Gasteiger partial charge in [0, 0.05) is 12.6 Å². The molecular formula is C14H19ClN4O2. The number of hydrogen-bond acceptors (Lipinski definition) is 4. The van der Waals surface area contributed by atoms with Crippen molar-refractivity contribution in [2.45, 2.75) is 25.4 Å². The van der Waals surface area contributed by atoms with E-state index in [0.29, 0.717) is 23.3 Å². The molecule has 0 heterocycles. The van der Waals surface area contributed by atoms with Crippen molar-refractivity contribution in [3.8, 4) is 0 Å². The van der Waals surface area contributed by atoms with Gasteiger partial charge in [0.25, 0.3) is 0 Å². The first-order valence-corrected chi connectivity index (χ1v) is 7.17. The minimum Gasteiger partial charge on any atom is -0.368 e. The lowest BCUT2D eigenvalue weighted by Crippen LogP contribution is -2.40. The molecule has 1 aromatic rings. The Morgan fingerprint density at radius 1 is 1.24 bits per heavy atom. The van der Waals surface area contributed by atoms with Crippen LogP contribution in [-0.4, -0.2) is 30.9 Å². The van der Waals surface area contributed by atoms with E-state index in [0.717, 1.165) is 5.56 Å². The van der Waals surface area contributed by atoms with Gasteiger partial charge in [-0.1, -0.05) is 23.7 Å². The number of para-hydroxylation sites is 1. The van der Waals surface area contributed by atoms with Crippen LogP contribution < -0.4 is 21.7 Å². The summed E-state index contributed by atoms with van der Waals surface area (Å²) in [6.45, 7) is 0.404. The molecule has 0 bridgehead atoms. The molecule has 7 heteroatoms. The van der Waals surface area contributed by atoms with Gasteiger partial charge in [0.1, 0.15) is 0 Å². The van der Waals surface area contributed by atoms with E-state index in [1.54, 1.807) is 6.07 Å². The molecule has 2 amide bonds. The second-order valence-corrected chi connectivity index (χ2v) is 5.60. The average molecular weight is 311 g/mol. The van der Waals surface area contributed by atoms with Crippen LogP contribution in [0, 0.1) is 0 Å². The highest BCUT2D eigenvalue weighted by Gasteiger charge is 2.23. The molecule has 0 aromatic heterocycles. The number of nitrogens with two attached hydrogens (primary N) is 2. The second kappa shape index (κ2) is 6.78. The van der Waals surface area contributed by atoms with Crippen LogP contribution in [0.4, 0.5) is 5.69 Å². The fourth-order valence-corrected chi connectivity index (χ4v) is 2.50. The van der Waals surface area contributed by atoms with Crippen molar-refractivity contribution in [1.29, 1.82) is 0 Å². The summed E-state index contributed by atoms with van der Waals surface area (Å²) in [7, 11) is 0. The fourth-order valence-electron chi connectivity index (χ4n) is 2.19. The number of amides is 2. The van der Waals surface area contributed by atoms with Gasteiger partial charge in [-0.25, -0.2) is 0 Å². The van der Waals surface area contributed by atoms with Crippen molar-refractivity contribution in [2.75, 3.05) is 18.0 Å². The lowest BCUT2D eigenvalue weighted by atomic mass is 10.1. The predicted octanol–water partition coefficient (Wildman–Crippen LogP) is 0.369. The molecule has 1 fully saturated rings. The molecule has 0 aliphatic heterocycles. The summed E-state index contributed by atoms with van der Waals surface area (Å²) in [5.41, 5.74) is 12.0. The van der Waals surface area contributed by atoms with E-state index in [2.05, 4.69) is 5.32 Å². The van der Waals surface area contributed by atoms with Crippen molar-refractivity contribution in [2.24, 2.45) is 11.5 Å². The Bertz CT molecular complexity index is 530. The van der Waals surface area contributed by atoms with Crippen LogP contribution in [0.5, 0.6) is 0 Å². The Kier molecular flexibility index (Phi) is 5.03. The Labute approximate surface area is 128 Å². The number of anilines is 1. The average Bonchev–Trinajstić information content (AvgIpc) is 3.18. The van der Waals surface area contributed by atoms with Crippen molar-refractivity contribution in [3.63, 3.8) is 0 Å². The number of benzene rings is 1. The standard InChI is InChI=1S/C14H19ClN4O2/c15-11-3-1-2-9(6-18-10-4-5-10)14(11)19(7-12(16)20)8-13(17)21/h1-3,10,18H,4-8H2,(H2,16,20)(H2,17,21). The number of nitrogens with zero attached hydrogens (tertiary/aromatic N) is 1. The van der Waals surface area contributed by atoms with Crippen LogP contribution in [0.25, 0.3) is 0 Å². The first-order chi connectivity index (χ1) is 9.97. The van der Waals surface area contributed by atoms with E-state index in [1.165, 1.54) is 17.7 Å². The molecule has 5 N–H and O–H groups in total. The summed E-state index contributed by atoms with van der Waals surface area (Å²) in [5, 5.41) is 3.85. The molecule has 0 saturated heterocycles. The topological polar surface area (TPSA) is 101 Å². The molecule has 21 heavy (non-hydrogen) atoms. The van der Waals surface area contributed by atoms with E-state index in [-0.39, 0.29) is 13.1 Å². The molecule has 1 aliphatic rings. The number of primary amides is 2. The number of nitrogens with one attached hydrogen (secondary N) is 1. The molecule has 2 rings (SSSR count). The Balaban J connectivity index is 2.26. The molecule has 0 atom stereocenters. The monoisotopic (exact) mass is 310 g/mol. The summed E-state index contributed by atoms with van der Waals surface area (Å²) < 4.78 is 0. The third-order valence-corrected chi connectivity index (χ3v) is 3.54. The molecule has 1 aliphatic carbocycles. The molecule has 114 valence electrons. The zero-order valence-electron chi connectivity index (χ0n) is 11.6. The van der Waals surface area contributed by atoms with Crippen LogP contribution in [0.15, 0.2) is 18.2 Å². The smallest absolute Gasteiger partial charge is 0.236 e. The van der Waals surface area contributed by atoms with Gasteiger partial charge < -0.3 is 21.7 Å². The molecule has 6 nitrogen and oxygen atoms in total. The number of rotatable bonds is 8. The summed E-state index contributed by atoms with van der Waals surface area (Å²) in [5.74, 6) is -1.09. The largest absolute Gasteiger partial charge is 0.368 e. The second-order valence-electron chi connectivity index (χ2n) is 5.19. The van der Waals surface area contributed by atoms with Gasteiger partial charge in [0.05, 0.1) is 23.8 Å². The van der Waals surface area contributed by atoms with Crippen LogP contribution in [-0.2, 0) is 16.1 Å². The Morgan fingerprint density at radius 3 is 2.38 bits per heavy atom. The van der Waals surface area contributed by atoms with E-state index in [9.17, 15) is 9.59 Å². The fraction of sp³-hybridized carbons (Fsp3) is 0.429. The predicted molar refractivity (Wildman–Crippen MR) is 81.9 cm³/mol. The van der Waals surface area contributed by atoms with Crippen molar-refractivity contribution in [3.05, 3.63) is 28.8 Å². The molecule has 1 saturated carbocycles. The van der Waals surface area contributed by atoms with Crippen LogP contribution in [0.1, 0.15) is 18.4 Å². The van der Waals surface area contributed by atoms with Gasteiger partial charge in [-0.3, -0.25) is 9.59 Å². The highest BCUT2D eigenvalue weighted by Crippen LogP contribution is 2.30. The Morgan fingerprint density at radius 2 is 1.86 bits per heavy atom. The minimum atomic E-state index is -0.544. The summed E-state index contributed by atoms with van der Waals surface area (Å²) in [4.78, 5) is 24.0. The van der Waals surface area contributed by atoms with E-state index in [4.69, 9.17) is 23.1 Å². The summed E-state index contributed by atoms with van der Waals surface area (Å²) >= 11 is 6.25. The van der Waals surface area contributed by atoms with Crippen LogP contribution in [0.3, 0.4) is 0 Å². The number of carbonyl (C=O) groups is 2. The van der Waals surface area contributed by atoms with Gasteiger partial charge in [-0.2, -0.15) is 0 Å². The number of halogens is 1. The maximum absolute atomic E-state index is 11.2. The third-order valence-electron chi connectivity index (χ3n) is 3.24. The lowest BCUT2D eigenvalue weighted by Gasteiger charge is -2.26. The molecular weight excluding hydrogens is 292 g/mol. The molecule has 1 aromatic carbocycles. The van der Waals surface area contributed by atoms with E-state index < -0.39 is 11.8 Å². The normalized spacial score (nSPS) is 14.0. The zero-order chi connectivity index (χ0) is 15.4. The van der Waals surface area contributed by atoms with Gasteiger partial charge in [-0.05, 0) is 24.5 Å². The van der Waals surface area contributed by atoms with Crippen molar-refractivity contribution >= 4 is 29.1 Å². The van der Waals surface area contributed by atoms with Crippen molar-refractivity contribution < 1.29 is 9.59 Å². The van der Waals surface area contributed by atoms with E-state index >= 15 is 0 Å². The summed E-state index contributed by atoms with van der Waals surface area (Å²) in [6, 6.07) is 6.00. The number of carbonyl (C=O) groups excluding carboxylic acids is 2. The quantitative estimate of drug-likeness (QED) is 0.645. The van der Waals surface area contributed by atoms with Gasteiger partial charge in [0.2, 0.25) is 11.8 Å². The molecule has 0 spiro atoms. The third kappa shape index (κ3) is 4.61. The number of hydrogen-bond donors (Lipinski definition) is 3. The van der Waals surface area contributed by atoms with Gasteiger partial charge in [0.15, 0.2) is 0 Å². The SMILES string of the molecule is NC(=O)CN(CC(N)=O)c1c(Cl)cccc1CNC1CC1. The lowest BCUT2D eigenvalue weighted by molar-refractivity contribution is -0.117. The zero-order valence-corrected chi connectivity index (χ0v) is 12.4. The first-order valence-electron chi connectivity index (χ1n) is 6.79. The molecule has 0 radical (unpaired) electrons. The maximum atomic E-state index is 11.2. The van der Waals surface area contributed by atoms with Crippen LogP contribution in [0.2, 0.25) is 5.02 Å². The first kappa shape index (κ1) is 15.6. The van der Waals surface area contributed by atoms with Crippen LogP contribution >= 0.6 is 11.6 Å². The summed E-state index contributed by atoms with van der Waals surface area (Å²) in [6.07, 6.45) is 2.34.